The zero-order chi connectivity index (χ0) is 15.4. The molecule has 0 unspecified atom stereocenters. The summed E-state index contributed by atoms with van der Waals surface area (Å²) in [5.74, 6) is 0.00587. The summed E-state index contributed by atoms with van der Waals surface area (Å²) in [7, 11) is 1.79. The fraction of sp³-hybridized carbons (Fsp3) is 0.857. The molecule has 1 heterocycles. The number of amides is 2. The second-order valence-corrected chi connectivity index (χ2v) is 6.16. The van der Waals surface area contributed by atoms with Crippen molar-refractivity contribution >= 4 is 12.0 Å². The minimum Gasteiger partial charge on any atom is -0.444 e. The van der Waals surface area contributed by atoms with Crippen LogP contribution in [0.15, 0.2) is 0 Å². The van der Waals surface area contributed by atoms with Gasteiger partial charge in [-0.2, -0.15) is 0 Å². The summed E-state index contributed by atoms with van der Waals surface area (Å²) >= 11 is 0. The summed E-state index contributed by atoms with van der Waals surface area (Å²) in [5, 5.41) is 5.97. The van der Waals surface area contributed by atoms with Gasteiger partial charge in [-0.05, 0) is 47.6 Å². The number of carbonyl (C=O) groups excluding carboxylic acids is 2. The van der Waals surface area contributed by atoms with Crippen molar-refractivity contribution in [3.05, 3.63) is 0 Å². The zero-order valence-electron chi connectivity index (χ0n) is 13.2. The number of carbonyl (C=O) groups is 2. The highest BCUT2D eigenvalue weighted by Crippen LogP contribution is 2.23. The molecule has 0 aliphatic carbocycles. The summed E-state index contributed by atoms with van der Waals surface area (Å²) in [5.41, 5.74) is -1.07. The van der Waals surface area contributed by atoms with Crippen LogP contribution in [-0.2, 0) is 9.53 Å². The molecule has 1 rings (SSSR count). The number of hydrogen-bond donors (Lipinski definition) is 2. The molecule has 2 N–H and O–H groups in total. The Balaban J connectivity index is 2.61. The highest BCUT2D eigenvalue weighted by molar-refractivity contribution is 5.86. The van der Waals surface area contributed by atoms with E-state index in [2.05, 4.69) is 10.6 Å². The molecule has 0 aromatic heterocycles. The Morgan fingerprint density at radius 3 is 2.20 bits per heavy atom. The smallest absolute Gasteiger partial charge is 0.410 e. The fourth-order valence-corrected chi connectivity index (χ4v) is 2.32. The molecule has 0 atom stereocenters. The van der Waals surface area contributed by atoms with Crippen LogP contribution < -0.4 is 10.6 Å². The Kier molecular flexibility index (Phi) is 5.39. The summed E-state index contributed by atoms with van der Waals surface area (Å²) in [6.07, 6.45) is 0.876. The van der Waals surface area contributed by atoms with Gasteiger partial charge in [0.1, 0.15) is 11.1 Å². The van der Waals surface area contributed by atoms with Crippen LogP contribution in [0.25, 0.3) is 0 Å². The van der Waals surface area contributed by atoms with E-state index < -0.39 is 11.1 Å². The number of piperidine rings is 1. The quantitative estimate of drug-likeness (QED) is 0.815. The third-order valence-electron chi connectivity index (χ3n) is 3.52. The molecule has 116 valence electrons. The second kappa shape index (κ2) is 6.43. The SMILES string of the molecule is CCNC(=O)C1(NC)CCN(C(=O)OC(C)(C)C)CC1. The lowest BCUT2D eigenvalue weighted by Crippen LogP contribution is -2.61. The fourth-order valence-electron chi connectivity index (χ4n) is 2.32. The van der Waals surface area contributed by atoms with Gasteiger partial charge in [0.15, 0.2) is 0 Å². The summed E-state index contributed by atoms with van der Waals surface area (Å²) in [6.45, 7) is 9.10. The van der Waals surface area contributed by atoms with E-state index in [0.29, 0.717) is 32.5 Å². The highest BCUT2D eigenvalue weighted by atomic mass is 16.6. The minimum absolute atomic E-state index is 0.00587. The molecule has 0 saturated carbocycles. The number of ether oxygens (including phenoxy) is 1. The Bertz CT molecular complexity index is 355. The minimum atomic E-state index is -0.575. The van der Waals surface area contributed by atoms with E-state index in [0.717, 1.165) is 0 Å². The van der Waals surface area contributed by atoms with Crippen LogP contribution in [0.4, 0.5) is 4.79 Å². The molecule has 1 saturated heterocycles. The maximum absolute atomic E-state index is 12.1. The third kappa shape index (κ3) is 4.10. The van der Waals surface area contributed by atoms with Gasteiger partial charge in [0.25, 0.3) is 0 Å². The van der Waals surface area contributed by atoms with Gasteiger partial charge in [-0.3, -0.25) is 4.79 Å². The van der Waals surface area contributed by atoms with Gasteiger partial charge in [0.2, 0.25) is 5.91 Å². The molecule has 6 nitrogen and oxygen atoms in total. The molecule has 0 spiro atoms. The van der Waals surface area contributed by atoms with Crippen LogP contribution in [0.3, 0.4) is 0 Å². The molecule has 0 radical (unpaired) electrons. The normalized spacial score (nSPS) is 18.6. The average Bonchev–Trinajstić information content (AvgIpc) is 2.37. The Labute approximate surface area is 121 Å². The summed E-state index contributed by atoms with van der Waals surface area (Å²) in [6, 6.07) is 0. The van der Waals surface area contributed by atoms with E-state index in [4.69, 9.17) is 4.74 Å². The van der Waals surface area contributed by atoms with Gasteiger partial charge < -0.3 is 20.3 Å². The number of likely N-dealkylation sites (tertiary alicyclic amines) is 1. The summed E-state index contributed by atoms with van der Waals surface area (Å²) in [4.78, 5) is 25.8. The van der Waals surface area contributed by atoms with Crippen LogP contribution in [0.5, 0.6) is 0 Å². The van der Waals surface area contributed by atoms with E-state index in [1.165, 1.54) is 0 Å². The van der Waals surface area contributed by atoms with Crippen LogP contribution in [0.1, 0.15) is 40.5 Å². The molecular weight excluding hydrogens is 258 g/mol. The molecule has 6 heteroatoms. The number of hydrogen-bond acceptors (Lipinski definition) is 4. The predicted molar refractivity (Wildman–Crippen MR) is 77.5 cm³/mol. The Morgan fingerprint density at radius 2 is 1.80 bits per heavy atom. The maximum atomic E-state index is 12.1. The molecule has 0 bridgehead atoms. The number of nitrogens with one attached hydrogen (secondary N) is 2. The summed E-state index contributed by atoms with van der Waals surface area (Å²) < 4.78 is 5.35. The molecular formula is C14H27N3O3. The van der Waals surface area contributed by atoms with E-state index in [1.54, 1.807) is 11.9 Å². The third-order valence-corrected chi connectivity index (χ3v) is 3.52. The van der Waals surface area contributed by atoms with Crippen LogP contribution in [-0.4, -0.2) is 54.7 Å². The first-order valence-corrected chi connectivity index (χ1v) is 7.19. The van der Waals surface area contributed by atoms with Crippen molar-refractivity contribution in [1.82, 2.24) is 15.5 Å². The van der Waals surface area contributed by atoms with Crippen molar-refractivity contribution in [2.75, 3.05) is 26.7 Å². The van der Waals surface area contributed by atoms with Crippen molar-refractivity contribution in [3.8, 4) is 0 Å². The van der Waals surface area contributed by atoms with E-state index in [-0.39, 0.29) is 12.0 Å². The average molecular weight is 285 g/mol. The maximum Gasteiger partial charge on any atom is 0.410 e. The van der Waals surface area contributed by atoms with Gasteiger partial charge in [-0.1, -0.05) is 0 Å². The van der Waals surface area contributed by atoms with E-state index >= 15 is 0 Å². The lowest BCUT2D eigenvalue weighted by molar-refractivity contribution is -0.129. The second-order valence-electron chi connectivity index (χ2n) is 6.16. The largest absolute Gasteiger partial charge is 0.444 e. The van der Waals surface area contributed by atoms with Crippen molar-refractivity contribution < 1.29 is 14.3 Å². The van der Waals surface area contributed by atoms with Gasteiger partial charge in [-0.25, -0.2) is 4.79 Å². The number of nitrogens with zero attached hydrogens (tertiary/aromatic N) is 1. The first-order valence-electron chi connectivity index (χ1n) is 7.19. The van der Waals surface area contributed by atoms with Gasteiger partial charge >= 0.3 is 6.09 Å². The van der Waals surface area contributed by atoms with Gasteiger partial charge in [-0.15, -0.1) is 0 Å². The first-order chi connectivity index (χ1) is 9.24. The molecule has 2 amide bonds. The molecule has 20 heavy (non-hydrogen) atoms. The Morgan fingerprint density at radius 1 is 1.25 bits per heavy atom. The number of rotatable bonds is 3. The van der Waals surface area contributed by atoms with E-state index in [1.807, 2.05) is 27.7 Å². The van der Waals surface area contributed by atoms with Gasteiger partial charge in [0, 0.05) is 19.6 Å². The molecule has 1 aliphatic heterocycles. The molecule has 0 aromatic carbocycles. The molecule has 1 fully saturated rings. The lowest BCUT2D eigenvalue weighted by atomic mass is 9.86. The standard InChI is InChI=1S/C14H27N3O3/c1-6-16-11(18)14(15-5)7-9-17(10-8-14)12(19)20-13(2,3)4/h15H,6-10H2,1-5H3,(H,16,18). The Hall–Kier alpha value is -1.30. The van der Waals surface area contributed by atoms with Crippen LogP contribution >= 0.6 is 0 Å². The predicted octanol–water partition coefficient (Wildman–Crippen LogP) is 1.11. The first kappa shape index (κ1) is 16.8. The van der Waals surface area contributed by atoms with Crippen LogP contribution in [0, 0.1) is 0 Å². The van der Waals surface area contributed by atoms with Crippen molar-refractivity contribution in [2.45, 2.75) is 51.7 Å². The highest BCUT2D eigenvalue weighted by Gasteiger charge is 2.41. The van der Waals surface area contributed by atoms with Crippen molar-refractivity contribution in [1.29, 1.82) is 0 Å². The molecule has 0 aromatic rings. The van der Waals surface area contributed by atoms with Crippen molar-refractivity contribution in [3.63, 3.8) is 0 Å². The van der Waals surface area contributed by atoms with Crippen molar-refractivity contribution in [2.24, 2.45) is 0 Å². The van der Waals surface area contributed by atoms with Gasteiger partial charge in [0.05, 0.1) is 0 Å². The monoisotopic (exact) mass is 285 g/mol. The zero-order valence-corrected chi connectivity index (χ0v) is 13.2. The topological polar surface area (TPSA) is 70.7 Å². The number of likely N-dealkylation sites (N-methyl/N-ethyl adjacent to an activating group) is 2. The van der Waals surface area contributed by atoms with E-state index in [9.17, 15) is 9.59 Å². The lowest BCUT2D eigenvalue weighted by Gasteiger charge is -2.40. The molecule has 1 aliphatic rings. The van der Waals surface area contributed by atoms with Crippen LogP contribution in [0.2, 0.25) is 0 Å².